The van der Waals surface area contributed by atoms with Gasteiger partial charge in [0, 0.05) is 12.1 Å². The van der Waals surface area contributed by atoms with Crippen LogP contribution in [0.15, 0.2) is 11.6 Å². The van der Waals surface area contributed by atoms with Crippen molar-refractivity contribution in [2.75, 3.05) is 7.05 Å². The summed E-state index contributed by atoms with van der Waals surface area (Å²) in [6, 6.07) is 1.16. The molecule has 2 heteroatoms. The van der Waals surface area contributed by atoms with Crippen molar-refractivity contribution >= 4 is 5.78 Å². The van der Waals surface area contributed by atoms with Gasteiger partial charge in [0.2, 0.25) is 0 Å². The van der Waals surface area contributed by atoms with Crippen LogP contribution in [0.25, 0.3) is 0 Å². The highest BCUT2D eigenvalue weighted by atomic mass is 16.1. The fourth-order valence-electron chi connectivity index (χ4n) is 2.50. The maximum Gasteiger partial charge on any atom is 0.155 e. The van der Waals surface area contributed by atoms with Gasteiger partial charge in [0.05, 0.1) is 0 Å². The van der Waals surface area contributed by atoms with E-state index in [1.165, 1.54) is 19.3 Å². The number of likely N-dealkylation sites (N-methyl/N-ethyl adjacent to an activating group) is 1. The third kappa shape index (κ3) is 1.55. The van der Waals surface area contributed by atoms with E-state index >= 15 is 0 Å². The average molecular weight is 179 g/mol. The molecular weight excluding hydrogens is 162 g/mol. The van der Waals surface area contributed by atoms with Gasteiger partial charge < -0.3 is 0 Å². The SMILES string of the molecule is CC(=O)C1=CC2CCCC(C1)N2C. The van der Waals surface area contributed by atoms with Crippen molar-refractivity contribution in [3.8, 4) is 0 Å². The number of carbonyl (C=O) groups excluding carboxylic acids is 1. The van der Waals surface area contributed by atoms with Gasteiger partial charge in [-0.05, 0) is 38.8 Å². The highest BCUT2D eigenvalue weighted by molar-refractivity contribution is 5.93. The van der Waals surface area contributed by atoms with Gasteiger partial charge >= 0.3 is 0 Å². The molecule has 2 rings (SSSR count). The lowest BCUT2D eigenvalue weighted by atomic mass is 9.84. The first-order chi connectivity index (χ1) is 6.18. The molecular formula is C11H17NO. The fourth-order valence-corrected chi connectivity index (χ4v) is 2.50. The van der Waals surface area contributed by atoms with Crippen LogP contribution in [0.3, 0.4) is 0 Å². The Hall–Kier alpha value is -0.630. The number of ketones is 1. The summed E-state index contributed by atoms with van der Waals surface area (Å²) < 4.78 is 0. The second-order valence-electron chi connectivity index (χ2n) is 4.27. The summed E-state index contributed by atoms with van der Waals surface area (Å²) in [4.78, 5) is 13.7. The Morgan fingerprint density at radius 2 is 2.31 bits per heavy atom. The third-order valence-corrected chi connectivity index (χ3v) is 3.44. The molecule has 2 unspecified atom stereocenters. The summed E-state index contributed by atoms with van der Waals surface area (Å²) in [7, 11) is 2.18. The third-order valence-electron chi connectivity index (χ3n) is 3.44. The molecule has 0 aromatic carbocycles. The summed E-state index contributed by atoms with van der Waals surface area (Å²) in [5, 5.41) is 0. The molecule has 13 heavy (non-hydrogen) atoms. The Labute approximate surface area is 79.6 Å². The van der Waals surface area contributed by atoms with Crippen LogP contribution >= 0.6 is 0 Å². The summed E-state index contributed by atoms with van der Waals surface area (Å²) >= 11 is 0. The standard InChI is InChI=1S/C11H17NO/c1-8(13)9-6-10-4-3-5-11(7-9)12(10)2/h6,10-11H,3-5,7H2,1-2H3. The molecule has 1 saturated heterocycles. The number of piperidine rings is 1. The molecule has 0 radical (unpaired) electrons. The van der Waals surface area contributed by atoms with Gasteiger partial charge in [-0.25, -0.2) is 0 Å². The van der Waals surface area contributed by atoms with Gasteiger partial charge in [-0.1, -0.05) is 12.5 Å². The minimum Gasteiger partial charge on any atom is -0.297 e. The zero-order valence-electron chi connectivity index (χ0n) is 8.42. The van der Waals surface area contributed by atoms with Gasteiger partial charge in [0.15, 0.2) is 5.78 Å². The van der Waals surface area contributed by atoms with Crippen LogP contribution in [-0.2, 0) is 4.79 Å². The maximum absolute atomic E-state index is 11.2. The van der Waals surface area contributed by atoms with Gasteiger partial charge in [-0.15, -0.1) is 0 Å². The topological polar surface area (TPSA) is 20.3 Å². The van der Waals surface area contributed by atoms with E-state index in [2.05, 4.69) is 18.0 Å². The number of hydrogen-bond acceptors (Lipinski definition) is 2. The van der Waals surface area contributed by atoms with E-state index in [0.717, 1.165) is 12.0 Å². The molecule has 0 aromatic heterocycles. The molecule has 2 aliphatic rings. The van der Waals surface area contributed by atoms with E-state index in [9.17, 15) is 4.79 Å². The van der Waals surface area contributed by atoms with Crippen molar-refractivity contribution in [1.29, 1.82) is 0 Å². The smallest absolute Gasteiger partial charge is 0.155 e. The van der Waals surface area contributed by atoms with Crippen LogP contribution in [0, 0.1) is 0 Å². The Kier molecular flexibility index (Phi) is 2.24. The Morgan fingerprint density at radius 3 is 2.92 bits per heavy atom. The first kappa shape index (κ1) is 8.95. The minimum atomic E-state index is 0.269. The predicted molar refractivity (Wildman–Crippen MR) is 52.6 cm³/mol. The van der Waals surface area contributed by atoms with E-state index in [4.69, 9.17) is 0 Å². The van der Waals surface area contributed by atoms with E-state index in [1.807, 2.05) is 0 Å². The van der Waals surface area contributed by atoms with Crippen LogP contribution in [0.2, 0.25) is 0 Å². The van der Waals surface area contributed by atoms with Crippen molar-refractivity contribution < 1.29 is 4.79 Å². The normalized spacial score (nSPS) is 34.2. The summed E-state index contributed by atoms with van der Waals surface area (Å²) in [6.45, 7) is 1.69. The Bertz CT molecular complexity index is 257. The number of Topliss-reactive ketones (excluding diaryl/α,β-unsaturated/α-hetero) is 1. The number of rotatable bonds is 1. The first-order valence-electron chi connectivity index (χ1n) is 5.12. The molecule has 72 valence electrons. The molecule has 0 spiro atoms. The van der Waals surface area contributed by atoms with Gasteiger partial charge in [0.1, 0.15) is 0 Å². The molecule has 0 saturated carbocycles. The zero-order valence-corrected chi connectivity index (χ0v) is 8.42. The molecule has 2 aliphatic heterocycles. The van der Waals surface area contributed by atoms with E-state index in [-0.39, 0.29) is 5.78 Å². The van der Waals surface area contributed by atoms with Crippen molar-refractivity contribution in [3.63, 3.8) is 0 Å². The van der Waals surface area contributed by atoms with Gasteiger partial charge in [0.25, 0.3) is 0 Å². The van der Waals surface area contributed by atoms with Crippen molar-refractivity contribution in [2.24, 2.45) is 0 Å². The molecule has 2 heterocycles. The Morgan fingerprint density at radius 1 is 1.54 bits per heavy atom. The maximum atomic E-state index is 11.2. The van der Waals surface area contributed by atoms with Gasteiger partial charge in [-0.3, -0.25) is 9.69 Å². The lowest BCUT2D eigenvalue weighted by molar-refractivity contribution is -0.114. The second kappa shape index (κ2) is 3.26. The van der Waals surface area contributed by atoms with Crippen LogP contribution < -0.4 is 0 Å². The number of fused-ring (bicyclic) bond motifs is 2. The van der Waals surface area contributed by atoms with Crippen LogP contribution in [-0.4, -0.2) is 29.8 Å². The lowest BCUT2D eigenvalue weighted by Crippen LogP contribution is -2.46. The van der Waals surface area contributed by atoms with E-state index < -0.39 is 0 Å². The average Bonchev–Trinajstić information content (AvgIpc) is 2.02. The zero-order chi connectivity index (χ0) is 9.42. The van der Waals surface area contributed by atoms with Crippen LogP contribution in [0.5, 0.6) is 0 Å². The minimum absolute atomic E-state index is 0.269. The van der Waals surface area contributed by atoms with E-state index in [1.54, 1.807) is 6.92 Å². The summed E-state index contributed by atoms with van der Waals surface area (Å²) in [5.74, 6) is 0.269. The fraction of sp³-hybridized carbons (Fsp3) is 0.727. The first-order valence-corrected chi connectivity index (χ1v) is 5.12. The molecule has 0 amide bonds. The number of nitrogens with zero attached hydrogens (tertiary/aromatic N) is 1. The lowest BCUT2D eigenvalue weighted by Gasteiger charge is -2.42. The van der Waals surface area contributed by atoms with Crippen LogP contribution in [0.4, 0.5) is 0 Å². The molecule has 0 N–H and O–H groups in total. The monoisotopic (exact) mass is 179 g/mol. The quantitative estimate of drug-likeness (QED) is 0.611. The molecule has 0 aliphatic carbocycles. The molecule has 2 atom stereocenters. The molecule has 0 aromatic rings. The largest absolute Gasteiger partial charge is 0.297 e. The summed E-state index contributed by atoms with van der Waals surface area (Å²) in [6.07, 6.45) is 6.96. The number of hydrogen-bond donors (Lipinski definition) is 0. The summed E-state index contributed by atoms with van der Waals surface area (Å²) in [5.41, 5.74) is 1.06. The molecule has 1 fully saturated rings. The molecule has 2 nitrogen and oxygen atoms in total. The predicted octanol–water partition coefficient (Wildman–Crippen LogP) is 1.76. The van der Waals surface area contributed by atoms with Crippen molar-refractivity contribution in [2.45, 2.75) is 44.7 Å². The highest BCUT2D eigenvalue weighted by Gasteiger charge is 2.31. The van der Waals surface area contributed by atoms with E-state index in [0.29, 0.717) is 12.1 Å². The van der Waals surface area contributed by atoms with Crippen molar-refractivity contribution in [3.05, 3.63) is 11.6 Å². The highest BCUT2D eigenvalue weighted by Crippen LogP contribution is 2.31. The van der Waals surface area contributed by atoms with Crippen LogP contribution in [0.1, 0.15) is 32.6 Å². The second-order valence-corrected chi connectivity index (χ2v) is 4.27. The van der Waals surface area contributed by atoms with Gasteiger partial charge in [-0.2, -0.15) is 0 Å². The Balaban J connectivity index is 2.23. The van der Waals surface area contributed by atoms with Crippen molar-refractivity contribution in [1.82, 2.24) is 4.90 Å². The number of carbonyl (C=O) groups is 1. The molecule has 2 bridgehead atoms.